The van der Waals surface area contributed by atoms with Crippen molar-refractivity contribution in [3.8, 4) is 11.3 Å². The molecule has 1 heterocycles. The van der Waals surface area contributed by atoms with Crippen molar-refractivity contribution in [1.29, 1.82) is 0 Å². The van der Waals surface area contributed by atoms with Gasteiger partial charge < -0.3 is 0 Å². The second-order valence-corrected chi connectivity index (χ2v) is 10.4. The summed E-state index contributed by atoms with van der Waals surface area (Å²) >= 11 is 0. The third kappa shape index (κ3) is 4.23. The zero-order valence-electron chi connectivity index (χ0n) is 19.2. The highest BCUT2D eigenvalue weighted by Gasteiger charge is 2.24. The quantitative estimate of drug-likeness (QED) is 0.195. The molecule has 0 unspecified atom stereocenters. The highest BCUT2D eigenvalue weighted by atomic mass is 31.1. The molecule has 164 valence electrons. The molecule has 2 heteroatoms. The molecule has 0 saturated heterocycles. The first-order valence-electron chi connectivity index (χ1n) is 11.4. The third-order valence-corrected chi connectivity index (χ3v) is 8.50. The van der Waals surface area contributed by atoms with Crippen molar-refractivity contribution < 1.29 is 0 Å². The molecule has 0 amide bonds. The van der Waals surface area contributed by atoms with E-state index in [9.17, 15) is 0 Å². The molecule has 0 aliphatic rings. The molecular formula is C32H26NP. The predicted octanol–water partition coefficient (Wildman–Crippen LogP) is 7.17. The highest BCUT2D eigenvalue weighted by molar-refractivity contribution is 7.80. The summed E-state index contributed by atoms with van der Waals surface area (Å²) < 4.78 is 0. The van der Waals surface area contributed by atoms with E-state index in [0.717, 1.165) is 5.69 Å². The summed E-state index contributed by atoms with van der Waals surface area (Å²) in [5.41, 5.74) is 4.65. The molecule has 5 rings (SSSR count). The van der Waals surface area contributed by atoms with Crippen molar-refractivity contribution in [3.05, 3.63) is 139 Å². The number of hydrogen-bond donors (Lipinski definition) is 0. The summed E-state index contributed by atoms with van der Waals surface area (Å²) in [4.78, 5) is 4.97. The van der Waals surface area contributed by atoms with Crippen LogP contribution in [-0.2, 0) is 0 Å². The Hall–Kier alpha value is -3.80. The first kappa shape index (κ1) is 22.0. The lowest BCUT2D eigenvalue weighted by Gasteiger charge is -2.25. The molecule has 4 aromatic carbocycles. The maximum atomic E-state index is 4.97. The van der Waals surface area contributed by atoms with Crippen LogP contribution in [0.25, 0.3) is 28.1 Å². The summed E-state index contributed by atoms with van der Waals surface area (Å²) in [7, 11) is -0.789. The number of hydrogen-bond acceptors (Lipinski definition) is 1. The standard InChI is InChI=1S/C32H26NP/c1-3-4-18-28-24(2)20-21-30(31(28)32-29-19-12-11-13-25(29)22-23-33-32)34(26-14-7-5-8-15-26)27-16-9-6-10-17-27/h3-23H,1H2,2H3/b18-4-. The van der Waals surface area contributed by atoms with Crippen LogP contribution in [0, 0.1) is 6.92 Å². The van der Waals surface area contributed by atoms with Gasteiger partial charge >= 0.3 is 0 Å². The van der Waals surface area contributed by atoms with Crippen LogP contribution in [0.1, 0.15) is 11.1 Å². The highest BCUT2D eigenvalue weighted by Crippen LogP contribution is 2.40. The number of fused-ring (bicyclic) bond motifs is 1. The van der Waals surface area contributed by atoms with Gasteiger partial charge in [0.1, 0.15) is 0 Å². The Morgan fingerprint density at radius 3 is 2.06 bits per heavy atom. The number of aromatic nitrogens is 1. The third-order valence-electron chi connectivity index (χ3n) is 6.02. The number of benzene rings is 4. The molecule has 0 spiro atoms. The Kier molecular flexibility index (Phi) is 6.47. The fourth-order valence-corrected chi connectivity index (χ4v) is 6.90. The molecule has 34 heavy (non-hydrogen) atoms. The Morgan fingerprint density at radius 1 is 0.735 bits per heavy atom. The Bertz CT molecular complexity index is 1420. The normalized spacial score (nSPS) is 11.4. The molecule has 0 radical (unpaired) electrons. The van der Waals surface area contributed by atoms with Crippen molar-refractivity contribution >= 4 is 40.7 Å². The van der Waals surface area contributed by atoms with Gasteiger partial charge in [-0.15, -0.1) is 0 Å². The number of pyridine rings is 1. The Balaban J connectivity index is 1.89. The van der Waals surface area contributed by atoms with E-state index in [1.165, 1.54) is 43.4 Å². The van der Waals surface area contributed by atoms with Gasteiger partial charge in [-0.25, -0.2) is 0 Å². The van der Waals surface area contributed by atoms with Crippen molar-refractivity contribution in [2.75, 3.05) is 0 Å². The van der Waals surface area contributed by atoms with Crippen LogP contribution < -0.4 is 15.9 Å². The molecule has 1 nitrogen and oxygen atoms in total. The molecule has 0 aliphatic heterocycles. The van der Waals surface area contributed by atoms with Gasteiger partial charge in [0.25, 0.3) is 0 Å². The van der Waals surface area contributed by atoms with E-state index < -0.39 is 7.92 Å². The average Bonchev–Trinajstić information content (AvgIpc) is 2.90. The van der Waals surface area contributed by atoms with E-state index in [-0.39, 0.29) is 0 Å². The number of nitrogens with zero attached hydrogens (tertiary/aromatic N) is 1. The fraction of sp³-hybridized carbons (Fsp3) is 0.0312. The number of allylic oxidation sites excluding steroid dienone is 2. The van der Waals surface area contributed by atoms with Crippen LogP contribution in [0.2, 0.25) is 0 Å². The zero-order valence-corrected chi connectivity index (χ0v) is 20.1. The molecule has 0 saturated carbocycles. The average molecular weight is 456 g/mol. The Morgan fingerprint density at radius 2 is 1.38 bits per heavy atom. The zero-order chi connectivity index (χ0) is 23.3. The first-order valence-corrected chi connectivity index (χ1v) is 12.8. The smallest absolute Gasteiger partial charge is 0.0793 e. The van der Waals surface area contributed by atoms with Crippen LogP contribution in [0.3, 0.4) is 0 Å². The minimum atomic E-state index is -0.789. The van der Waals surface area contributed by atoms with Gasteiger partial charge in [-0.3, -0.25) is 4.98 Å². The van der Waals surface area contributed by atoms with Gasteiger partial charge in [0, 0.05) is 17.1 Å². The summed E-state index contributed by atoms with van der Waals surface area (Å²) in [6, 6.07) is 36.9. The maximum Gasteiger partial charge on any atom is 0.0793 e. The molecular weight excluding hydrogens is 429 g/mol. The molecule has 0 fully saturated rings. The van der Waals surface area contributed by atoms with Gasteiger partial charge in [-0.1, -0.05) is 122 Å². The lowest BCUT2D eigenvalue weighted by molar-refractivity contribution is 1.35. The van der Waals surface area contributed by atoms with E-state index in [1.54, 1.807) is 0 Å². The molecule has 0 bridgehead atoms. The predicted molar refractivity (Wildman–Crippen MR) is 150 cm³/mol. The van der Waals surface area contributed by atoms with E-state index in [0.29, 0.717) is 0 Å². The van der Waals surface area contributed by atoms with Crippen molar-refractivity contribution in [2.24, 2.45) is 0 Å². The van der Waals surface area contributed by atoms with Gasteiger partial charge in [0.15, 0.2) is 0 Å². The van der Waals surface area contributed by atoms with E-state index in [2.05, 4.69) is 123 Å². The Labute approximate surface area is 202 Å². The van der Waals surface area contributed by atoms with Crippen LogP contribution in [0.4, 0.5) is 0 Å². The molecule has 0 aliphatic carbocycles. The van der Waals surface area contributed by atoms with Gasteiger partial charge in [-0.05, 0) is 53.3 Å². The monoisotopic (exact) mass is 455 g/mol. The van der Waals surface area contributed by atoms with Crippen molar-refractivity contribution in [2.45, 2.75) is 6.92 Å². The molecule has 0 N–H and O–H groups in total. The van der Waals surface area contributed by atoms with Crippen LogP contribution in [-0.4, -0.2) is 4.98 Å². The number of aryl methyl sites for hydroxylation is 1. The van der Waals surface area contributed by atoms with Crippen molar-refractivity contribution in [3.63, 3.8) is 0 Å². The SMILES string of the molecule is C=C/C=C\c1c(C)ccc(P(c2ccccc2)c2ccccc2)c1-c1nccc2ccccc12. The van der Waals surface area contributed by atoms with Crippen LogP contribution >= 0.6 is 7.92 Å². The fourth-order valence-electron chi connectivity index (χ4n) is 4.43. The van der Waals surface area contributed by atoms with Crippen LogP contribution in [0.15, 0.2) is 128 Å². The largest absolute Gasteiger partial charge is 0.256 e. The van der Waals surface area contributed by atoms with E-state index in [1.807, 2.05) is 18.3 Å². The minimum Gasteiger partial charge on any atom is -0.256 e. The summed E-state index contributed by atoms with van der Waals surface area (Å²) in [6.07, 6.45) is 7.96. The summed E-state index contributed by atoms with van der Waals surface area (Å²) in [5.74, 6) is 0. The minimum absolute atomic E-state index is 0.789. The lowest BCUT2D eigenvalue weighted by Crippen LogP contribution is -2.23. The summed E-state index contributed by atoms with van der Waals surface area (Å²) in [5, 5.41) is 6.33. The van der Waals surface area contributed by atoms with E-state index in [4.69, 9.17) is 4.98 Å². The molecule has 1 aromatic heterocycles. The lowest BCUT2D eigenvalue weighted by atomic mass is 9.95. The summed E-state index contributed by atoms with van der Waals surface area (Å²) in [6.45, 7) is 6.09. The van der Waals surface area contributed by atoms with Gasteiger partial charge in [-0.2, -0.15) is 0 Å². The molecule has 5 aromatic rings. The van der Waals surface area contributed by atoms with Crippen LogP contribution in [0.5, 0.6) is 0 Å². The van der Waals surface area contributed by atoms with Gasteiger partial charge in [0.2, 0.25) is 0 Å². The second kappa shape index (κ2) is 10.00. The van der Waals surface area contributed by atoms with Crippen molar-refractivity contribution in [1.82, 2.24) is 4.98 Å². The second-order valence-electron chi connectivity index (χ2n) is 8.17. The molecule has 0 atom stereocenters. The first-order chi connectivity index (χ1) is 16.8. The van der Waals surface area contributed by atoms with E-state index >= 15 is 0 Å². The topological polar surface area (TPSA) is 12.9 Å². The maximum absolute atomic E-state index is 4.97. The number of rotatable bonds is 6. The van der Waals surface area contributed by atoms with Gasteiger partial charge in [0.05, 0.1) is 5.69 Å².